The van der Waals surface area contributed by atoms with Crippen molar-refractivity contribution < 1.29 is 0 Å². The number of rotatable bonds is 3. The van der Waals surface area contributed by atoms with Gasteiger partial charge >= 0.3 is 5.69 Å². The largest absolute Gasteiger partial charge is 0.329 e. The molecule has 1 N–H and O–H groups in total. The summed E-state index contributed by atoms with van der Waals surface area (Å²) in [4.78, 5) is 26.5. The Kier molecular flexibility index (Phi) is 3.72. The van der Waals surface area contributed by atoms with E-state index in [4.69, 9.17) is 11.6 Å². The van der Waals surface area contributed by atoms with Crippen molar-refractivity contribution in [3.63, 3.8) is 0 Å². The minimum atomic E-state index is -0.399. The van der Waals surface area contributed by atoms with E-state index in [0.29, 0.717) is 12.1 Å². The lowest BCUT2D eigenvalue weighted by Gasteiger charge is -2.12. The smallest absolute Gasteiger partial charge is 0.297 e. The average Bonchev–Trinajstić information content (AvgIpc) is 2.77. The number of H-pyrrole nitrogens is 1. The summed E-state index contributed by atoms with van der Waals surface area (Å²) in [6.07, 6.45) is 5.01. The van der Waals surface area contributed by atoms with Crippen LogP contribution in [0.15, 0.2) is 9.59 Å². The summed E-state index contributed by atoms with van der Waals surface area (Å²) < 4.78 is 1.26. The second kappa shape index (κ2) is 5.08. The Morgan fingerprint density at radius 2 is 2.00 bits per heavy atom. The van der Waals surface area contributed by atoms with E-state index in [1.807, 2.05) is 6.92 Å². The first kappa shape index (κ1) is 12.4. The molecule has 0 saturated heterocycles. The zero-order valence-electron chi connectivity index (χ0n) is 9.96. The van der Waals surface area contributed by atoms with Gasteiger partial charge in [0.2, 0.25) is 0 Å². The van der Waals surface area contributed by atoms with E-state index in [-0.39, 0.29) is 16.6 Å². The van der Waals surface area contributed by atoms with E-state index in [9.17, 15) is 9.59 Å². The Morgan fingerprint density at radius 1 is 1.35 bits per heavy atom. The van der Waals surface area contributed by atoms with E-state index >= 15 is 0 Å². The van der Waals surface area contributed by atoms with Crippen molar-refractivity contribution >= 4 is 11.6 Å². The Hall–Kier alpha value is -1.03. The number of hydrogen-bond donors (Lipinski definition) is 1. The molecule has 0 spiro atoms. The second-order valence-electron chi connectivity index (χ2n) is 4.60. The predicted octanol–water partition coefficient (Wildman–Crippen LogP) is 2.26. The Balaban J connectivity index is 2.54. The monoisotopic (exact) mass is 256 g/mol. The van der Waals surface area contributed by atoms with Crippen LogP contribution in [0.2, 0.25) is 5.15 Å². The van der Waals surface area contributed by atoms with Gasteiger partial charge in [-0.3, -0.25) is 14.3 Å². The summed E-state index contributed by atoms with van der Waals surface area (Å²) in [5.74, 6) is 0.218. The molecule has 0 bridgehead atoms. The minimum absolute atomic E-state index is 0.201. The quantitative estimate of drug-likeness (QED) is 0.844. The zero-order valence-corrected chi connectivity index (χ0v) is 10.7. The maximum absolute atomic E-state index is 12.2. The van der Waals surface area contributed by atoms with Crippen LogP contribution in [0.3, 0.4) is 0 Å². The summed E-state index contributed by atoms with van der Waals surface area (Å²) >= 11 is 6.02. The topological polar surface area (TPSA) is 54.9 Å². The molecule has 1 saturated carbocycles. The molecule has 4 nitrogen and oxygen atoms in total. The molecule has 0 atom stereocenters. The van der Waals surface area contributed by atoms with Gasteiger partial charge in [-0.15, -0.1) is 0 Å². The minimum Gasteiger partial charge on any atom is -0.297 e. The molecule has 2 rings (SSSR count). The van der Waals surface area contributed by atoms with E-state index in [0.717, 1.165) is 32.1 Å². The highest BCUT2D eigenvalue weighted by Gasteiger charge is 2.24. The number of aromatic nitrogens is 2. The van der Waals surface area contributed by atoms with Gasteiger partial charge < -0.3 is 0 Å². The fourth-order valence-electron chi connectivity index (χ4n) is 2.56. The van der Waals surface area contributed by atoms with E-state index in [1.54, 1.807) is 0 Å². The highest BCUT2D eigenvalue weighted by Crippen LogP contribution is 2.34. The molecule has 0 unspecified atom stereocenters. The van der Waals surface area contributed by atoms with Gasteiger partial charge in [-0.25, -0.2) is 4.79 Å². The van der Waals surface area contributed by atoms with Crippen molar-refractivity contribution in [2.75, 3.05) is 0 Å². The number of hydrogen-bond acceptors (Lipinski definition) is 2. The summed E-state index contributed by atoms with van der Waals surface area (Å²) in [5, 5.41) is 0.235. The van der Waals surface area contributed by atoms with Crippen LogP contribution < -0.4 is 11.2 Å². The molecule has 1 aliphatic carbocycles. The van der Waals surface area contributed by atoms with Crippen LogP contribution in [0.25, 0.3) is 0 Å². The molecule has 0 radical (unpaired) electrons. The van der Waals surface area contributed by atoms with Crippen LogP contribution >= 0.6 is 11.6 Å². The van der Waals surface area contributed by atoms with Crippen LogP contribution in [0.5, 0.6) is 0 Å². The molecule has 0 aromatic carbocycles. The maximum Gasteiger partial charge on any atom is 0.329 e. The van der Waals surface area contributed by atoms with Gasteiger partial charge in [0.25, 0.3) is 5.56 Å². The van der Waals surface area contributed by atoms with E-state index in [2.05, 4.69) is 4.98 Å². The number of halogens is 1. The first-order valence-electron chi connectivity index (χ1n) is 6.17. The van der Waals surface area contributed by atoms with Crippen LogP contribution in [0, 0.1) is 0 Å². The molecule has 1 aromatic heterocycles. The third-order valence-corrected chi connectivity index (χ3v) is 3.68. The van der Waals surface area contributed by atoms with Gasteiger partial charge in [-0.2, -0.15) is 0 Å². The second-order valence-corrected chi connectivity index (χ2v) is 4.97. The van der Waals surface area contributed by atoms with Crippen molar-refractivity contribution in [3.8, 4) is 0 Å². The molecule has 1 fully saturated rings. The molecular weight excluding hydrogens is 240 g/mol. The Morgan fingerprint density at radius 3 is 2.59 bits per heavy atom. The van der Waals surface area contributed by atoms with E-state index < -0.39 is 5.69 Å². The first-order valence-corrected chi connectivity index (χ1v) is 6.55. The van der Waals surface area contributed by atoms with E-state index in [1.165, 1.54) is 4.57 Å². The van der Waals surface area contributed by atoms with Gasteiger partial charge in [0.05, 0.1) is 5.56 Å². The third-order valence-electron chi connectivity index (χ3n) is 3.38. The van der Waals surface area contributed by atoms with Gasteiger partial charge in [-0.1, -0.05) is 31.4 Å². The van der Waals surface area contributed by atoms with Gasteiger partial charge in [0, 0.05) is 6.54 Å². The molecule has 94 valence electrons. The molecule has 0 amide bonds. The fraction of sp³-hybridized carbons (Fsp3) is 0.667. The summed E-state index contributed by atoms with van der Waals surface area (Å²) in [7, 11) is 0. The normalized spacial score (nSPS) is 16.6. The summed E-state index contributed by atoms with van der Waals surface area (Å²) in [6.45, 7) is 2.39. The van der Waals surface area contributed by atoms with Crippen molar-refractivity contribution in [1.82, 2.24) is 9.55 Å². The highest BCUT2D eigenvalue weighted by atomic mass is 35.5. The van der Waals surface area contributed by atoms with Crippen LogP contribution in [0.4, 0.5) is 0 Å². The number of nitrogens with zero attached hydrogens (tertiary/aromatic N) is 1. The zero-order chi connectivity index (χ0) is 12.4. The van der Waals surface area contributed by atoms with Crippen molar-refractivity contribution in [3.05, 3.63) is 31.6 Å². The van der Waals surface area contributed by atoms with Gasteiger partial charge in [0.15, 0.2) is 0 Å². The SMILES string of the molecule is CCCn1c(=O)[nH]c(Cl)c(C2CCCC2)c1=O. The van der Waals surface area contributed by atoms with Crippen LogP contribution in [0.1, 0.15) is 50.5 Å². The third kappa shape index (κ3) is 2.32. The van der Waals surface area contributed by atoms with Crippen molar-refractivity contribution in [1.29, 1.82) is 0 Å². The standard InChI is InChI=1S/C12H17ClN2O2/c1-2-7-15-11(16)9(8-5-3-4-6-8)10(13)14-12(15)17/h8H,2-7H2,1H3,(H,14,17). The number of nitrogens with one attached hydrogen (secondary N) is 1. The van der Waals surface area contributed by atoms with Crippen molar-refractivity contribution in [2.24, 2.45) is 0 Å². The van der Waals surface area contributed by atoms with Gasteiger partial charge in [0.1, 0.15) is 5.15 Å². The van der Waals surface area contributed by atoms with Gasteiger partial charge in [-0.05, 0) is 25.2 Å². The fourth-order valence-corrected chi connectivity index (χ4v) is 2.87. The maximum atomic E-state index is 12.2. The molecule has 1 heterocycles. The number of aromatic amines is 1. The molecule has 1 aliphatic rings. The molecule has 17 heavy (non-hydrogen) atoms. The van der Waals surface area contributed by atoms with Crippen molar-refractivity contribution in [2.45, 2.75) is 51.5 Å². The Bertz CT molecular complexity index is 512. The molecule has 1 aromatic rings. The predicted molar refractivity (Wildman–Crippen MR) is 67.8 cm³/mol. The highest BCUT2D eigenvalue weighted by molar-refractivity contribution is 6.30. The first-order chi connectivity index (χ1) is 8.15. The summed E-state index contributed by atoms with van der Waals surface area (Å²) in [5.41, 5.74) is 0.00770. The van der Waals surface area contributed by atoms with Crippen LogP contribution in [-0.2, 0) is 6.54 Å². The lowest BCUT2D eigenvalue weighted by molar-refractivity contribution is 0.590. The average molecular weight is 257 g/mol. The molecule has 0 aliphatic heterocycles. The lowest BCUT2D eigenvalue weighted by Crippen LogP contribution is -2.38. The molecular formula is C12H17ClN2O2. The summed E-state index contributed by atoms with van der Waals surface area (Å²) in [6, 6.07) is 0. The molecule has 5 heteroatoms. The van der Waals surface area contributed by atoms with Crippen LogP contribution in [-0.4, -0.2) is 9.55 Å². The lowest BCUT2D eigenvalue weighted by atomic mass is 10.0. The Labute approximate surface area is 105 Å².